The van der Waals surface area contributed by atoms with Gasteiger partial charge in [0.2, 0.25) is 5.91 Å². The first kappa shape index (κ1) is 29.3. The van der Waals surface area contributed by atoms with Crippen molar-refractivity contribution in [3.8, 4) is 0 Å². The van der Waals surface area contributed by atoms with Crippen LogP contribution in [0.2, 0.25) is 0 Å². The summed E-state index contributed by atoms with van der Waals surface area (Å²) in [7, 11) is 0. The molecule has 42 heavy (non-hydrogen) atoms. The van der Waals surface area contributed by atoms with Crippen LogP contribution in [0.5, 0.6) is 0 Å². The van der Waals surface area contributed by atoms with E-state index < -0.39 is 17.9 Å². The normalized spacial score (nSPS) is 16.2. The molecule has 3 aromatic rings. The van der Waals surface area contributed by atoms with Crippen LogP contribution in [0.3, 0.4) is 0 Å². The minimum absolute atomic E-state index is 0.0295. The first-order chi connectivity index (χ1) is 20.3. The Labute approximate surface area is 249 Å². The third kappa shape index (κ3) is 6.99. The van der Waals surface area contributed by atoms with Crippen LogP contribution >= 0.6 is 11.3 Å². The van der Waals surface area contributed by atoms with Crippen LogP contribution in [-0.2, 0) is 9.59 Å². The molecule has 1 atom stereocenters. The molecule has 2 fully saturated rings. The van der Waals surface area contributed by atoms with Gasteiger partial charge in [0.05, 0.1) is 28.7 Å². The van der Waals surface area contributed by atoms with Crippen molar-refractivity contribution in [3.05, 3.63) is 81.5 Å². The van der Waals surface area contributed by atoms with Gasteiger partial charge in [-0.3, -0.25) is 19.2 Å². The summed E-state index contributed by atoms with van der Waals surface area (Å²) in [6.45, 7) is 4.41. The van der Waals surface area contributed by atoms with E-state index in [0.29, 0.717) is 43.0 Å². The minimum atomic E-state index is -1.02. The number of aliphatic carboxylic acids is 1. The molecule has 1 saturated carbocycles. The Balaban J connectivity index is 1.37. The van der Waals surface area contributed by atoms with Crippen molar-refractivity contribution < 1.29 is 24.3 Å². The molecule has 10 heteroatoms. The van der Waals surface area contributed by atoms with Gasteiger partial charge < -0.3 is 25.5 Å². The fraction of sp³-hybridized carbons (Fsp3) is 0.375. The number of carbonyl (C=O) groups is 4. The lowest BCUT2D eigenvalue weighted by molar-refractivity contribution is -0.137. The molecule has 2 heterocycles. The van der Waals surface area contributed by atoms with Crippen LogP contribution < -0.4 is 15.5 Å². The van der Waals surface area contributed by atoms with E-state index in [-0.39, 0.29) is 24.2 Å². The van der Waals surface area contributed by atoms with Crippen LogP contribution in [0, 0.1) is 12.8 Å². The van der Waals surface area contributed by atoms with E-state index in [1.165, 1.54) is 11.3 Å². The number of carbonyl (C=O) groups excluding carboxylic acids is 3. The number of nitrogens with one attached hydrogen (secondary N) is 2. The smallest absolute Gasteiger partial charge is 0.305 e. The highest BCUT2D eigenvalue weighted by atomic mass is 32.1. The fourth-order valence-electron chi connectivity index (χ4n) is 5.34. The van der Waals surface area contributed by atoms with Gasteiger partial charge in [0, 0.05) is 37.7 Å². The number of carboxylic acids is 1. The van der Waals surface area contributed by atoms with Gasteiger partial charge in [-0.15, -0.1) is 11.3 Å². The molecule has 1 aliphatic carbocycles. The number of amides is 3. The lowest BCUT2D eigenvalue weighted by Gasteiger charge is -2.29. The van der Waals surface area contributed by atoms with Crippen molar-refractivity contribution in [1.29, 1.82) is 0 Å². The highest BCUT2D eigenvalue weighted by Gasteiger charge is 2.28. The number of rotatable bonds is 9. The van der Waals surface area contributed by atoms with Crippen LogP contribution in [0.25, 0.3) is 0 Å². The molecule has 1 aromatic heterocycles. The van der Waals surface area contributed by atoms with Crippen LogP contribution in [0.1, 0.15) is 69.3 Å². The topological polar surface area (TPSA) is 119 Å². The molecule has 9 nitrogen and oxygen atoms in total. The van der Waals surface area contributed by atoms with E-state index in [9.17, 15) is 24.3 Å². The van der Waals surface area contributed by atoms with Crippen molar-refractivity contribution >= 4 is 46.4 Å². The zero-order valence-corrected chi connectivity index (χ0v) is 24.5. The summed E-state index contributed by atoms with van der Waals surface area (Å²) in [5.74, 6) is -1.51. The van der Waals surface area contributed by atoms with Gasteiger partial charge in [-0.1, -0.05) is 42.3 Å². The molecule has 220 valence electrons. The highest BCUT2D eigenvalue weighted by molar-refractivity contribution is 7.12. The summed E-state index contributed by atoms with van der Waals surface area (Å²) in [5.41, 5.74) is 3.41. The molecular weight excluding hydrogens is 552 g/mol. The molecule has 0 radical (unpaired) electrons. The maximum Gasteiger partial charge on any atom is 0.305 e. The quantitative estimate of drug-likeness (QED) is 0.320. The Morgan fingerprint density at radius 1 is 0.976 bits per heavy atom. The maximum absolute atomic E-state index is 13.4. The van der Waals surface area contributed by atoms with E-state index in [1.807, 2.05) is 59.7 Å². The molecule has 1 unspecified atom stereocenters. The zero-order chi connectivity index (χ0) is 29.6. The zero-order valence-electron chi connectivity index (χ0n) is 23.7. The Hall–Kier alpha value is -4.18. The van der Waals surface area contributed by atoms with E-state index in [4.69, 9.17) is 0 Å². The molecule has 0 bridgehead atoms. The average Bonchev–Trinajstić information content (AvgIpc) is 3.36. The summed E-state index contributed by atoms with van der Waals surface area (Å²) in [6.07, 6.45) is 3.23. The Morgan fingerprint density at radius 3 is 2.43 bits per heavy atom. The van der Waals surface area contributed by atoms with Gasteiger partial charge >= 0.3 is 5.97 Å². The van der Waals surface area contributed by atoms with Crippen molar-refractivity contribution in [1.82, 2.24) is 10.2 Å². The first-order valence-corrected chi connectivity index (χ1v) is 15.3. The number of benzene rings is 2. The second-order valence-corrected chi connectivity index (χ2v) is 11.9. The first-order valence-electron chi connectivity index (χ1n) is 14.4. The standard InChI is InChI=1S/C32H36N4O5S/c1-21-8-10-22(11-9-21)25(20-29(37)38)33-31(40)24-12-13-27(26(19-24)34-30(39)23-5-2-6-23)35-14-4-15-36(17-16-35)32(41)28-7-3-18-42-28/h3,7-13,18-19,23,25H,2,4-6,14-17,20H2,1H3,(H,33,40)(H,34,39)(H,37,38). The van der Waals surface area contributed by atoms with E-state index in [0.717, 1.165) is 41.8 Å². The van der Waals surface area contributed by atoms with Gasteiger partial charge in [-0.05, 0) is 61.4 Å². The van der Waals surface area contributed by atoms with Crippen molar-refractivity contribution in [3.63, 3.8) is 0 Å². The number of aryl methyl sites for hydroxylation is 1. The Morgan fingerprint density at radius 2 is 1.76 bits per heavy atom. The van der Waals surface area contributed by atoms with Gasteiger partial charge in [0.1, 0.15) is 0 Å². The van der Waals surface area contributed by atoms with Gasteiger partial charge in [0.25, 0.3) is 11.8 Å². The van der Waals surface area contributed by atoms with E-state index in [2.05, 4.69) is 15.5 Å². The summed E-state index contributed by atoms with van der Waals surface area (Å²) in [6, 6.07) is 15.6. The minimum Gasteiger partial charge on any atom is -0.481 e. The molecule has 2 aromatic carbocycles. The number of anilines is 2. The number of carboxylic acid groups (broad SMARTS) is 1. The maximum atomic E-state index is 13.4. The molecule has 0 spiro atoms. The Bertz CT molecular complexity index is 1440. The summed E-state index contributed by atoms with van der Waals surface area (Å²) in [4.78, 5) is 55.7. The molecule has 1 aliphatic heterocycles. The number of hydrogen-bond acceptors (Lipinski definition) is 6. The number of hydrogen-bond donors (Lipinski definition) is 3. The predicted molar refractivity (Wildman–Crippen MR) is 163 cm³/mol. The summed E-state index contributed by atoms with van der Waals surface area (Å²) < 4.78 is 0. The molecule has 3 N–H and O–H groups in total. The Kier molecular flexibility index (Phi) is 9.22. The van der Waals surface area contributed by atoms with Gasteiger partial charge in [-0.2, -0.15) is 0 Å². The fourth-order valence-corrected chi connectivity index (χ4v) is 6.03. The second kappa shape index (κ2) is 13.2. The van der Waals surface area contributed by atoms with Gasteiger partial charge in [0.15, 0.2) is 0 Å². The monoisotopic (exact) mass is 588 g/mol. The molecule has 3 amide bonds. The van der Waals surface area contributed by atoms with Gasteiger partial charge in [-0.25, -0.2) is 0 Å². The van der Waals surface area contributed by atoms with Crippen LogP contribution in [0.4, 0.5) is 11.4 Å². The highest BCUT2D eigenvalue weighted by Crippen LogP contribution is 2.33. The van der Waals surface area contributed by atoms with Crippen LogP contribution in [-0.4, -0.2) is 59.9 Å². The average molecular weight is 589 g/mol. The largest absolute Gasteiger partial charge is 0.481 e. The van der Waals surface area contributed by atoms with E-state index in [1.54, 1.807) is 12.1 Å². The number of nitrogens with zero attached hydrogens (tertiary/aromatic N) is 2. The van der Waals surface area contributed by atoms with Crippen molar-refractivity contribution in [2.24, 2.45) is 5.92 Å². The molecule has 1 saturated heterocycles. The van der Waals surface area contributed by atoms with Crippen molar-refractivity contribution in [2.45, 2.75) is 45.1 Å². The van der Waals surface area contributed by atoms with Crippen molar-refractivity contribution in [2.75, 3.05) is 36.4 Å². The SMILES string of the molecule is Cc1ccc(C(CC(=O)O)NC(=O)c2ccc(N3CCCN(C(=O)c4cccs4)CC3)c(NC(=O)C3CCC3)c2)cc1. The molecular formula is C32H36N4O5S. The lowest BCUT2D eigenvalue weighted by atomic mass is 9.85. The third-order valence-corrected chi connectivity index (χ3v) is 8.87. The summed E-state index contributed by atoms with van der Waals surface area (Å²) >= 11 is 1.44. The third-order valence-electron chi connectivity index (χ3n) is 8.01. The molecule has 5 rings (SSSR count). The van der Waals surface area contributed by atoms with Crippen LogP contribution in [0.15, 0.2) is 60.0 Å². The van der Waals surface area contributed by atoms with E-state index >= 15 is 0 Å². The predicted octanol–water partition coefficient (Wildman–Crippen LogP) is 5.09. The number of thiophene rings is 1. The summed E-state index contributed by atoms with van der Waals surface area (Å²) in [5, 5.41) is 17.3. The lowest BCUT2D eigenvalue weighted by Crippen LogP contribution is -2.35. The second-order valence-electron chi connectivity index (χ2n) is 11.0. The molecule has 2 aliphatic rings.